The lowest BCUT2D eigenvalue weighted by Crippen LogP contribution is -2.43. The van der Waals surface area contributed by atoms with E-state index in [1.165, 1.54) is 11.5 Å². The zero-order valence-electron chi connectivity index (χ0n) is 11.0. The van der Waals surface area contributed by atoms with E-state index in [-0.39, 0.29) is 5.91 Å². The Labute approximate surface area is 111 Å². The van der Waals surface area contributed by atoms with E-state index in [9.17, 15) is 4.79 Å². The second kappa shape index (κ2) is 5.32. The Morgan fingerprint density at radius 1 is 1.61 bits per heavy atom. The molecule has 5 nitrogen and oxygen atoms in total. The van der Waals surface area contributed by atoms with E-state index in [0.29, 0.717) is 19.1 Å². The first kappa shape index (κ1) is 13.4. The molecular formula is C12H19N3O2S. The number of amides is 1. The van der Waals surface area contributed by atoms with Crippen LogP contribution >= 0.6 is 11.5 Å². The molecule has 1 atom stereocenters. The molecule has 1 aliphatic heterocycles. The molecule has 0 spiro atoms. The number of carbonyl (C=O) groups is 1. The lowest BCUT2D eigenvalue weighted by atomic mass is 10.0. The number of hydrogen-bond donors (Lipinski definition) is 1. The molecule has 2 heterocycles. The summed E-state index contributed by atoms with van der Waals surface area (Å²) in [6.45, 7) is 7.16. The number of hydrogen-bond acceptors (Lipinski definition) is 5. The van der Waals surface area contributed by atoms with Crippen LogP contribution in [0.2, 0.25) is 0 Å². The second-order valence-corrected chi connectivity index (χ2v) is 5.94. The number of aromatic nitrogens is 2. The molecule has 1 saturated heterocycles. The molecule has 0 bridgehead atoms. The van der Waals surface area contributed by atoms with Gasteiger partial charge in [0.1, 0.15) is 5.60 Å². The lowest BCUT2D eigenvalue weighted by molar-refractivity contribution is -0.139. The highest BCUT2D eigenvalue weighted by molar-refractivity contribution is 7.05. The Hall–Kier alpha value is -1.01. The zero-order valence-corrected chi connectivity index (χ0v) is 11.8. The van der Waals surface area contributed by atoms with Crippen molar-refractivity contribution in [2.45, 2.75) is 51.7 Å². The Morgan fingerprint density at radius 2 is 2.39 bits per heavy atom. The molecule has 2 rings (SSSR count). The van der Waals surface area contributed by atoms with E-state index in [2.05, 4.69) is 28.8 Å². The third kappa shape index (κ3) is 2.70. The number of nitrogens with zero attached hydrogens (tertiary/aromatic N) is 2. The van der Waals surface area contributed by atoms with Crippen molar-refractivity contribution in [3.63, 3.8) is 0 Å². The van der Waals surface area contributed by atoms with Gasteiger partial charge in [-0.2, -0.15) is 0 Å². The highest BCUT2D eigenvalue weighted by Crippen LogP contribution is 2.25. The fraction of sp³-hybridized carbons (Fsp3) is 0.750. The van der Waals surface area contributed by atoms with Crippen LogP contribution in [0.4, 0.5) is 0 Å². The highest BCUT2D eigenvalue weighted by atomic mass is 32.1. The summed E-state index contributed by atoms with van der Waals surface area (Å²) in [5, 5.41) is 7.02. The summed E-state index contributed by atoms with van der Waals surface area (Å²) in [5.74, 6) is 0.289. The Bertz CT molecular complexity index is 425. The molecular weight excluding hydrogens is 250 g/mol. The van der Waals surface area contributed by atoms with Gasteiger partial charge < -0.3 is 10.1 Å². The normalized spacial score (nSPS) is 23.6. The largest absolute Gasteiger partial charge is 0.365 e. The molecule has 1 aromatic heterocycles. The molecule has 100 valence electrons. The van der Waals surface area contributed by atoms with Crippen molar-refractivity contribution >= 4 is 17.4 Å². The van der Waals surface area contributed by atoms with Gasteiger partial charge in [-0.3, -0.25) is 4.79 Å². The van der Waals surface area contributed by atoms with Crippen LogP contribution in [0.15, 0.2) is 0 Å². The van der Waals surface area contributed by atoms with Crippen LogP contribution < -0.4 is 5.32 Å². The van der Waals surface area contributed by atoms with Crippen LogP contribution in [0.25, 0.3) is 0 Å². The molecule has 1 amide bonds. The molecule has 1 fully saturated rings. The van der Waals surface area contributed by atoms with E-state index < -0.39 is 5.60 Å². The number of rotatable bonds is 4. The quantitative estimate of drug-likeness (QED) is 0.906. The maximum atomic E-state index is 12.1. The third-order valence-corrected chi connectivity index (χ3v) is 3.98. The van der Waals surface area contributed by atoms with Crippen molar-refractivity contribution in [3.8, 4) is 0 Å². The Morgan fingerprint density at radius 3 is 3.00 bits per heavy atom. The summed E-state index contributed by atoms with van der Waals surface area (Å²) in [6, 6.07) is 0. The summed E-state index contributed by atoms with van der Waals surface area (Å²) in [7, 11) is 0. The van der Waals surface area contributed by atoms with Gasteiger partial charge in [0.2, 0.25) is 0 Å². The van der Waals surface area contributed by atoms with Crippen LogP contribution in [0.5, 0.6) is 0 Å². The summed E-state index contributed by atoms with van der Waals surface area (Å²) < 4.78 is 9.46. The first-order chi connectivity index (χ1) is 8.53. The first-order valence-electron chi connectivity index (χ1n) is 6.26. The van der Waals surface area contributed by atoms with E-state index in [1.54, 1.807) is 0 Å². The average Bonchev–Trinajstić information content (AvgIpc) is 2.95. The van der Waals surface area contributed by atoms with Crippen LogP contribution in [0.1, 0.15) is 50.1 Å². The van der Waals surface area contributed by atoms with E-state index in [1.807, 2.05) is 6.92 Å². The number of nitrogens with one attached hydrogen (secondary N) is 1. The van der Waals surface area contributed by atoms with Crippen molar-refractivity contribution in [1.29, 1.82) is 0 Å². The van der Waals surface area contributed by atoms with Gasteiger partial charge in [0, 0.05) is 6.61 Å². The SMILES string of the molecule is CC(C)c1nnsc1CNC(=O)[C@@]1(C)CCCO1. The molecule has 0 radical (unpaired) electrons. The van der Waals surface area contributed by atoms with E-state index >= 15 is 0 Å². The lowest BCUT2D eigenvalue weighted by Gasteiger charge is -2.21. The summed E-state index contributed by atoms with van der Waals surface area (Å²) in [4.78, 5) is 13.1. The Balaban J connectivity index is 1.95. The van der Waals surface area contributed by atoms with E-state index in [4.69, 9.17) is 4.74 Å². The first-order valence-corrected chi connectivity index (χ1v) is 7.03. The van der Waals surface area contributed by atoms with Gasteiger partial charge in [0.05, 0.1) is 17.1 Å². The molecule has 18 heavy (non-hydrogen) atoms. The van der Waals surface area contributed by atoms with Crippen LogP contribution in [0.3, 0.4) is 0 Å². The molecule has 0 unspecified atom stereocenters. The predicted octanol–water partition coefficient (Wildman–Crippen LogP) is 1.85. The minimum atomic E-state index is -0.657. The molecule has 0 aromatic carbocycles. The second-order valence-electron chi connectivity index (χ2n) is 5.10. The van der Waals surface area contributed by atoms with Crippen molar-refractivity contribution in [1.82, 2.24) is 14.9 Å². The van der Waals surface area contributed by atoms with E-state index in [0.717, 1.165) is 23.4 Å². The highest BCUT2D eigenvalue weighted by Gasteiger charge is 2.37. The van der Waals surface area contributed by atoms with Crippen molar-refractivity contribution in [2.24, 2.45) is 0 Å². The van der Waals surface area contributed by atoms with Crippen molar-refractivity contribution < 1.29 is 9.53 Å². The van der Waals surface area contributed by atoms with Gasteiger partial charge in [0.15, 0.2) is 0 Å². The minimum absolute atomic E-state index is 0.0388. The van der Waals surface area contributed by atoms with Crippen molar-refractivity contribution in [2.75, 3.05) is 6.61 Å². The topological polar surface area (TPSA) is 64.1 Å². The molecule has 6 heteroatoms. The monoisotopic (exact) mass is 269 g/mol. The van der Waals surface area contributed by atoms with Gasteiger partial charge >= 0.3 is 0 Å². The van der Waals surface area contributed by atoms with Gasteiger partial charge in [-0.25, -0.2) is 0 Å². The standard InChI is InChI=1S/C12H19N3O2S/c1-8(2)10-9(18-15-14-10)7-13-11(16)12(3)5-4-6-17-12/h8H,4-7H2,1-3H3,(H,13,16)/t12-/m1/s1. The number of ether oxygens (including phenoxy) is 1. The van der Waals surface area contributed by atoms with Gasteiger partial charge in [-0.1, -0.05) is 18.3 Å². The summed E-state index contributed by atoms with van der Waals surface area (Å²) >= 11 is 1.34. The Kier molecular flexibility index (Phi) is 3.97. The van der Waals surface area contributed by atoms with Crippen molar-refractivity contribution in [3.05, 3.63) is 10.6 Å². The molecule has 0 aliphatic carbocycles. The average molecular weight is 269 g/mol. The smallest absolute Gasteiger partial charge is 0.252 e. The van der Waals surface area contributed by atoms with Crippen LogP contribution in [-0.4, -0.2) is 27.7 Å². The van der Waals surface area contributed by atoms with Crippen LogP contribution in [0, 0.1) is 0 Å². The maximum absolute atomic E-state index is 12.1. The van der Waals surface area contributed by atoms with Crippen LogP contribution in [-0.2, 0) is 16.1 Å². The molecule has 1 N–H and O–H groups in total. The maximum Gasteiger partial charge on any atom is 0.252 e. The molecule has 1 aliphatic rings. The van der Waals surface area contributed by atoms with Gasteiger partial charge in [-0.15, -0.1) is 5.10 Å². The molecule has 0 saturated carbocycles. The summed E-state index contributed by atoms with van der Waals surface area (Å²) in [6.07, 6.45) is 1.74. The fourth-order valence-corrected chi connectivity index (χ4v) is 2.82. The minimum Gasteiger partial charge on any atom is -0.365 e. The van der Waals surface area contributed by atoms with Gasteiger partial charge in [0.25, 0.3) is 5.91 Å². The zero-order chi connectivity index (χ0) is 13.2. The van der Waals surface area contributed by atoms with Gasteiger partial charge in [-0.05, 0) is 37.2 Å². The summed E-state index contributed by atoms with van der Waals surface area (Å²) in [5.41, 5.74) is 0.314. The fourth-order valence-electron chi connectivity index (χ4n) is 2.08. The third-order valence-electron chi connectivity index (χ3n) is 3.24. The number of carbonyl (C=O) groups excluding carboxylic acids is 1. The molecule has 1 aromatic rings. The predicted molar refractivity (Wildman–Crippen MR) is 69.4 cm³/mol.